The number of benzene rings is 1. The zero-order valence-electron chi connectivity index (χ0n) is 12.4. The Balaban J connectivity index is 2.49. The van der Waals surface area contributed by atoms with Gasteiger partial charge >= 0.3 is 6.09 Å². The molecule has 1 radical (unpaired) electrons. The first-order valence-electron chi connectivity index (χ1n) is 6.37. The number of aryl methyl sites for hydroxylation is 1. The Bertz CT molecular complexity index is 504. The predicted octanol–water partition coefficient (Wildman–Crippen LogP) is 2.64. The maximum absolute atomic E-state index is 11.7. The van der Waals surface area contributed by atoms with Crippen molar-refractivity contribution in [3.63, 3.8) is 0 Å². The van der Waals surface area contributed by atoms with E-state index < -0.39 is 11.7 Å². The number of amides is 2. The third-order valence-electron chi connectivity index (χ3n) is 2.48. The van der Waals surface area contributed by atoms with Crippen molar-refractivity contribution in [2.75, 3.05) is 11.9 Å². The van der Waals surface area contributed by atoms with E-state index in [1.807, 2.05) is 19.1 Å². The van der Waals surface area contributed by atoms with Crippen molar-refractivity contribution in [2.45, 2.75) is 33.3 Å². The van der Waals surface area contributed by atoms with Crippen LogP contribution in [0.4, 0.5) is 10.5 Å². The maximum Gasteiger partial charge on any atom is 0.408 e. The number of carbonyl (C=O) groups excluding carboxylic acids is 2. The molecule has 0 spiro atoms. The fourth-order valence-corrected chi connectivity index (χ4v) is 1.48. The molecule has 0 aromatic heterocycles. The quantitative estimate of drug-likeness (QED) is 0.892. The molecule has 0 aliphatic carbocycles. The van der Waals surface area contributed by atoms with E-state index in [0.29, 0.717) is 5.69 Å². The molecule has 0 saturated heterocycles. The standard InChI is InChI=1S/C15H21N2O3/c1-10-7-6-8-12(11(10)2)17-13(18)9-16-14(19)20-15(3,4)5/h6-8H,2,9H2,1,3-5H3,(H,16,19)(H,17,18). The van der Waals surface area contributed by atoms with E-state index >= 15 is 0 Å². The Morgan fingerprint density at radius 3 is 2.55 bits per heavy atom. The van der Waals surface area contributed by atoms with Crippen LogP contribution in [-0.4, -0.2) is 24.1 Å². The second-order valence-corrected chi connectivity index (χ2v) is 5.50. The third-order valence-corrected chi connectivity index (χ3v) is 2.48. The highest BCUT2D eigenvalue weighted by Crippen LogP contribution is 2.17. The minimum absolute atomic E-state index is 0.151. The molecule has 1 aromatic rings. The molecule has 1 aromatic carbocycles. The van der Waals surface area contributed by atoms with Crippen molar-refractivity contribution >= 4 is 17.7 Å². The van der Waals surface area contributed by atoms with E-state index in [1.165, 1.54) is 0 Å². The molecule has 2 N–H and O–H groups in total. The van der Waals surface area contributed by atoms with Crippen LogP contribution in [0.5, 0.6) is 0 Å². The van der Waals surface area contributed by atoms with Crippen molar-refractivity contribution in [3.05, 3.63) is 36.2 Å². The van der Waals surface area contributed by atoms with Gasteiger partial charge in [-0.05, 0) is 51.8 Å². The molecule has 0 heterocycles. The number of hydrogen-bond donors (Lipinski definition) is 2. The van der Waals surface area contributed by atoms with Crippen molar-refractivity contribution in [3.8, 4) is 0 Å². The van der Waals surface area contributed by atoms with E-state index in [1.54, 1.807) is 26.8 Å². The lowest BCUT2D eigenvalue weighted by atomic mass is 10.1. The molecule has 20 heavy (non-hydrogen) atoms. The van der Waals surface area contributed by atoms with Crippen LogP contribution in [0.1, 0.15) is 31.9 Å². The van der Waals surface area contributed by atoms with Crippen molar-refractivity contribution in [1.82, 2.24) is 5.32 Å². The van der Waals surface area contributed by atoms with Gasteiger partial charge in [-0.3, -0.25) is 4.79 Å². The Morgan fingerprint density at radius 1 is 1.30 bits per heavy atom. The first-order chi connectivity index (χ1) is 9.19. The van der Waals surface area contributed by atoms with E-state index in [9.17, 15) is 9.59 Å². The Morgan fingerprint density at radius 2 is 1.95 bits per heavy atom. The second kappa shape index (κ2) is 6.41. The van der Waals surface area contributed by atoms with Crippen LogP contribution in [0.2, 0.25) is 0 Å². The number of hydrogen-bond acceptors (Lipinski definition) is 3. The average molecular weight is 277 g/mol. The summed E-state index contributed by atoms with van der Waals surface area (Å²) in [5.74, 6) is -0.327. The minimum atomic E-state index is -0.619. The number of rotatable bonds is 3. The normalized spacial score (nSPS) is 10.8. The number of anilines is 1. The summed E-state index contributed by atoms with van der Waals surface area (Å²) < 4.78 is 5.04. The molecule has 0 unspecified atom stereocenters. The Hall–Kier alpha value is -2.04. The maximum atomic E-state index is 11.7. The van der Waals surface area contributed by atoms with Crippen LogP contribution in [0.25, 0.3) is 0 Å². The Kier molecular flexibility index (Phi) is 5.13. The fraction of sp³-hybridized carbons (Fsp3) is 0.400. The highest BCUT2D eigenvalue weighted by molar-refractivity contribution is 5.94. The van der Waals surface area contributed by atoms with E-state index in [4.69, 9.17) is 4.74 Å². The molecule has 5 nitrogen and oxygen atoms in total. The summed E-state index contributed by atoms with van der Waals surface area (Å²) in [6, 6.07) is 5.51. The summed E-state index contributed by atoms with van der Waals surface area (Å²) >= 11 is 0. The topological polar surface area (TPSA) is 67.4 Å². The number of alkyl carbamates (subject to hydrolysis) is 1. The van der Waals surface area contributed by atoms with Gasteiger partial charge in [0.1, 0.15) is 12.1 Å². The van der Waals surface area contributed by atoms with Gasteiger partial charge in [-0.1, -0.05) is 12.1 Å². The zero-order chi connectivity index (χ0) is 15.3. The van der Waals surface area contributed by atoms with Crippen LogP contribution in [0.15, 0.2) is 18.2 Å². The molecule has 2 amide bonds. The first-order valence-corrected chi connectivity index (χ1v) is 6.37. The van der Waals surface area contributed by atoms with Gasteiger partial charge in [-0.25, -0.2) is 4.79 Å². The summed E-state index contributed by atoms with van der Waals surface area (Å²) in [6.45, 7) is 10.9. The number of ether oxygens (including phenoxy) is 1. The van der Waals surface area contributed by atoms with Crippen molar-refractivity contribution < 1.29 is 14.3 Å². The van der Waals surface area contributed by atoms with Gasteiger partial charge in [0, 0.05) is 5.69 Å². The summed E-state index contributed by atoms with van der Waals surface area (Å²) in [6.07, 6.45) is -0.619. The van der Waals surface area contributed by atoms with Crippen LogP contribution < -0.4 is 10.6 Å². The summed E-state index contributed by atoms with van der Waals surface area (Å²) in [5.41, 5.74) is 1.81. The molecule has 0 aliphatic rings. The molecule has 0 atom stereocenters. The largest absolute Gasteiger partial charge is 0.444 e. The molecule has 0 saturated carbocycles. The summed E-state index contributed by atoms with van der Waals surface area (Å²) in [7, 11) is 0. The second-order valence-electron chi connectivity index (χ2n) is 5.50. The minimum Gasteiger partial charge on any atom is -0.444 e. The monoisotopic (exact) mass is 277 g/mol. The zero-order valence-corrected chi connectivity index (χ0v) is 12.4. The first kappa shape index (κ1) is 16.0. The molecule has 5 heteroatoms. The van der Waals surface area contributed by atoms with Crippen LogP contribution >= 0.6 is 0 Å². The number of nitrogens with one attached hydrogen (secondary N) is 2. The van der Waals surface area contributed by atoms with Gasteiger partial charge < -0.3 is 15.4 Å². The van der Waals surface area contributed by atoms with Crippen molar-refractivity contribution in [2.24, 2.45) is 0 Å². The van der Waals surface area contributed by atoms with Gasteiger partial charge in [-0.15, -0.1) is 0 Å². The van der Waals surface area contributed by atoms with Crippen molar-refractivity contribution in [1.29, 1.82) is 0 Å². The fourth-order valence-electron chi connectivity index (χ4n) is 1.48. The van der Waals surface area contributed by atoms with E-state index in [0.717, 1.165) is 11.1 Å². The lowest BCUT2D eigenvalue weighted by Crippen LogP contribution is -2.37. The summed E-state index contributed by atoms with van der Waals surface area (Å²) in [5, 5.41) is 5.10. The SMILES string of the molecule is [CH2]c1c(C)cccc1NC(=O)CNC(=O)OC(C)(C)C. The molecule has 109 valence electrons. The van der Waals surface area contributed by atoms with Gasteiger partial charge in [-0.2, -0.15) is 0 Å². The summed E-state index contributed by atoms with van der Waals surface area (Å²) in [4.78, 5) is 23.1. The smallest absolute Gasteiger partial charge is 0.408 e. The molecule has 1 rings (SSSR count). The Labute approximate surface area is 119 Å². The van der Waals surface area contributed by atoms with Crippen LogP contribution in [0, 0.1) is 13.8 Å². The molecule has 0 bridgehead atoms. The van der Waals surface area contributed by atoms with Gasteiger partial charge in [0.15, 0.2) is 0 Å². The predicted molar refractivity (Wildman–Crippen MR) is 78.5 cm³/mol. The van der Waals surface area contributed by atoms with Crippen LogP contribution in [-0.2, 0) is 9.53 Å². The molecular weight excluding hydrogens is 256 g/mol. The van der Waals surface area contributed by atoms with Gasteiger partial charge in [0.25, 0.3) is 0 Å². The number of carbonyl (C=O) groups is 2. The van der Waals surface area contributed by atoms with E-state index in [2.05, 4.69) is 17.6 Å². The van der Waals surface area contributed by atoms with Crippen LogP contribution in [0.3, 0.4) is 0 Å². The molecule has 0 fully saturated rings. The molecule has 0 aliphatic heterocycles. The third kappa shape index (κ3) is 5.30. The molecular formula is C15H21N2O3. The van der Waals surface area contributed by atoms with Gasteiger partial charge in [0.2, 0.25) is 5.91 Å². The lowest BCUT2D eigenvalue weighted by Gasteiger charge is -2.19. The highest BCUT2D eigenvalue weighted by Gasteiger charge is 2.16. The highest BCUT2D eigenvalue weighted by atomic mass is 16.6. The van der Waals surface area contributed by atoms with Gasteiger partial charge in [0.05, 0.1) is 0 Å². The van der Waals surface area contributed by atoms with E-state index in [-0.39, 0.29) is 12.5 Å². The average Bonchev–Trinajstić information content (AvgIpc) is 2.30. The lowest BCUT2D eigenvalue weighted by molar-refractivity contribution is -0.115.